The van der Waals surface area contributed by atoms with E-state index >= 15 is 0 Å². The lowest BCUT2D eigenvalue weighted by Gasteiger charge is -2.60. The number of halogens is 3. The number of rotatable bonds is 5. The fourth-order valence-electron chi connectivity index (χ4n) is 5.81. The zero-order valence-corrected chi connectivity index (χ0v) is 16.3. The molecule has 1 aromatic carbocycles. The van der Waals surface area contributed by atoms with Crippen molar-refractivity contribution < 1.29 is 13.6 Å². The first-order chi connectivity index (χ1) is 11.8. The summed E-state index contributed by atoms with van der Waals surface area (Å²) in [6.07, 6.45) is 7.87. The molecule has 0 aromatic heterocycles. The fourth-order valence-corrected chi connectivity index (χ4v) is 7.82. The van der Waals surface area contributed by atoms with E-state index in [1.54, 1.807) is 24.3 Å². The minimum absolute atomic E-state index is 0.0484. The molecule has 0 unspecified atom stereocenters. The summed E-state index contributed by atoms with van der Waals surface area (Å²) in [5.74, 6) is -0.849. The summed E-state index contributed by atoms with van der Waals surface area (Å²) in [6, 6.07) is 6.66. The lowest BCUT2D eigenvalue weighted by molar-refractivity contribution is -0.123. The summed E-state index contributed by atoms with van der Waals surface area (Å²) in [5.41, 5.74) is 0.824. The van der Waals surface area contributed by atoms with Crippen LogP contribution in [0.5, 0.6) is 0 Å². The summed E-state index contributed by atoms with van der Waals surface area (Å²) in [4.78, 5) is 13.1. The van der Waals surface area contributed by atoms with Crippen LogP contribution in [0.4, 0.5) is 14.5 Å². The molecule has 0 heterocycles. The zero-order valence-electron chi connectivity index (χ0n) is 13.9. The Morgan fingerprint density at radius 1 is 1.20 bits per heavy atom. The van der Waals surface area contributed by atoms with Gasteiger partial charge < -0.3 is 5.32 Å². The summed E-state index contributed by atoms with van der Waals surface area (Å²) >= 11 is 4.50. The SMILES string of the molecule is O=C(CC12C[C@@H]3C[C@H](CC(Br)(C3)C1)C2)Nc1ccc(SC(F)F)cc1. The first-order valence-corrected chi connectivity index (χ1v) is 10.5. The molecule has 2 atom stereocenters. The molecule has 1 aromatic rings. The number of amides is 1. The number of nitrogens with one attached hydrogen (secondary N) is 1. The van der Waals surface area contributed by atoms with E-state index < -0.39 is 5.76 Å². The van der Waals surface area contributed by atoms with Gasteiger partial charge in [0.15, 0.2) is 0 Å². The molecule has 4 bridgehead atoms. The standard InChI is InChI=1S/C19H22BrF2NOS/c20-19-8-12-5-13(9-19)7-18(6-12,11-19)10-16(24)23-14-1-3-15(4-2-14)25-17(21)22/h1-4,12-13,17H,5-11H2,(H,23,24)/t12-,13-,18?,19?/m0/s1. The van der Waals surface area contributed by atoms with Gasteiger partial charge in [0.05, 0.1) is 0 Å². The Balaban J connectivity index is 1.39. The van der Waals surface area contributed by atoms with Gasteiger partial charge in [0, 0.05) is 21.3 Å². The van der Waals surface area contributed by atoms with Gasteiger partial charge in [0.2, 0.25) is 5.91 Å². The molecule has 2 nitrogen and oxygen atoms in total. The van der Waals surface area contributed by atoms with Crippen molar-refractivity contribution in [3.63, 3.8) is 0 Å². The third-order valence-corrected chi connectivity index (χ3v) is 7.66. The first-order valence-electron chi connectivity index (χ1n) is 8.87. The Labute approximate surface area is 159 Å². The molecule has 0 aliphatic heterocycles. The molecule has 4 fully saturated rings. The van der Waals surface area contributed by atoms with E-state index in [1.165, 1.54) is 32.1 Å². The Kier molecular flexibility index (Phi) is 4.64. The molecule has 5 rings (SSSR count). The average Bonchev–Trinajstić information content (AvgIpc) is 2.45. The summed E-state index contributed by atoms with van der Waals surface area (Å²) in [6.45, 7) is 0. The summed E-state index contributed by atoms with van der Waals surface area (Å²) < 4.78 is 25.0. The van der Waals surface area contributed by atoms with E-state index in [1.807, 2.05) is 0 Å². The molecule has 0 spiro atoms. The van der Waals surface area contributed by atoms with Crippen LogP contribution in [0.2, 0.25) is 0 Å². The van der Waals surface area contributed by atoms with Crippen LogP contribution in [0.3, 0.4) is 0 Å². The van der Waals surface area contributed by atoms with Crippen molar-refractivity contribution in [1.82, 2.24) is 0 Å². The van der Waals surface area contributed by atoms with E-state index in [2.05, 4.69) is 21.2 Å². The zero-order chi connectivity index (χ0) is 17.7. The number of anilines is 1. The Morgan fingerprint density at radius 3 is 2.40 bits per heavy atom. The molecule has 1 N–H and O–H groups in total. The van der Waals surface area contributed by atoms with Gasteiger partial charge >= 0.3 is 0 Å². The smallest absolute Gasteiger partial charge is 0.288 e. The Hall–Kier alpha value is -0.620. The van der Waals surface area contributed by atoms with Crippen LogP contribution >= 0.6 is 27.7 Å². The number of benzene rings is 1. The van der Waals surface area contributed by atoms with Crippen molar-refractivity contribution in [2.24, 2.45) is 17.3 Å². The average molecular weight is 430 g/mol. The topological polar surface area (TPSA) is 29.1 Å². The monoisotopic (exact) mass is 429 g/mol. The maximum atomic E-state index is 12.6. The maximum Gasteiger partial charge on any atom is 0.288 e. The van der Waals surface area contributed by atoms with Crippen LogP contribution in [0.15, 0.2) is 29.2 Å². The molecule has 4 aliphatic rings. The van der Waals surface area contributed by atoms with E-state index in [4.69, 9.17) is 0 Å². The summed E-state index contributed by atoms with van der Waals surface area (Å²) in [7, 11) is 0. The molecular weight excluding hydrogens is 408 g/mol. The fraction of sp³-hybridized carbons (Fsp3) is 0.632. The lowest BCUT2D eigenvalue weighted by Crippen LogP contribution is -2.53. The highest BCUT2D eigenvalue weighted by Crippen LogP contribution is 2.65. The van der Waals surface area contributed by atoms with E-state index in [9.17, 15) is 13.6 Å². The van der Waals surface area contributed by atoms with E-state index in [0.717, 1.165) is 18.3 Å². The number of hydrogen-bond acceptors (Lipinski definition) is 2. The van der Waals surface area contributed by atoms with Gasteiger partial charge in [0.1, 0.15) is 0 Å². The second kappa shape index (κ2) is 6.52. The molecule has 1 amide bonds. The second-order valence-corrected chi connectivity index (χ2v) is 11.0. The molecular formula is C19H22BrF2NOS. The van der Waals surface area contributed by atoms with Crippen LogP contribution < -0.4 is 5.32 Å². The first kappa shape index (κ1) is 17.8. The Bertz CT molecular complexity index is 652. The minimum Gasteiger partial charge on any atom is -0.326 e. The van der Waals surface area contributed by atoms with Crippen molar-refractivity contribution >= 4 is 39.3 Å². The normalized spacial score (nSPS) is 36.0. The van der Waals surface area contributed by atoms with Gasteiger partial charge in [0.25, 0.3) is 5.76 Å². The van der Waals surface area contributed by atoms with Crippen molar-refractivity contribution in [2.45, 2.75) is 59.9 Å². The predicted molar refractivity (Wildman–Crippen MR) is 100 cm³/mol. The highest BCUT2D eigenvalue weighted by molar-refractivity contribution is 9.10. The Morgan fingerprint density at radius 2 is 1.84 bits per heavy atom. The van der Waals surface area contributed by atoms with Gasteiger partial charge in [-0.05, 0) is 80.0 Å². The lowest BCUT2D eigenvalue weighted by atomic mass is 9.48. The molecule has 0 radical (unpaired) electrons. The third kappa shape index (κ3) is 3.90. The molecule has 4 saturated carbocycles. The minimum atomic E-state index is -2.42. The molecule has 6 heteroatoms. The number of carbonyl (C=O) groups is 1. The van der Waals surface area contributed by atoms with E-state index in [-0.39, 0.29) is 15.6 Å². The quantitative estimate of drug-likeness (QED) is 0.454. The predicted octanol–water partition coefficient (Wildman–Crippen LogP) is 6.06. The van der Waals surface area contributed by atoms with Crippen LogP contribution in [-0.2, 0) is 4.79 Å². The number of hydrogen-bond donors (Lipinski definition) is 1. The van der Waals surface area contributed by atoms with Crippen molar-refractivity contribution in [2.75, 3.05) is 5.32 Å². The van der Waals surface area contributed by atoms with E-state index in [0.29, 0.717) is 28.8 Å². The van der Waals surface area contributed by atoms with Gasteiger partial charge in [-0.3, -0.25) is 4.79 Å². The second-order valence-electron chi connectivity index (χ2n) is 8.24. The van der Waals surface area contributed by atoms with Crippen LogP contribution in [0.1, 0.15) is 44.9 Å². The number of carbonyl (C=O) groups excluding carboxylic acids is 1. The van der Waals surface area contributed by atoms with Crippen molar-refractivity contribution in [3.05, 3.63) is 24.3 Å². The maximum absolute atomic E-state index is 12.6. The summed E-state index contributed by atoms with van der Waals surface area (Å²) in [5, 5.41) is 2.96. The highest BCUT2D eigenvalue weighted by atomic mass is 79.9. The van der Waals surface area contributed by atoms with Gasteiger partial charge in [-0.25, -0.2) is 0 Å². The van der Waals surface area contributed by atoms with Crippen LogP contribution in [-0.4, -0.2) is 16.0 Å². The van der Waals surface area contributed by atoms with Crippen LogP contribution in [0, 0.1) is 17.3 Å². The number of alkyl halides is 3. The molecule has 4 aliphatic carbocycles. The molecule has 25 heavy (non-hydrogen) atoms. The third-order valence-electron chi connectivity index (χ3n) is 6.01. The van der Waals surface area contributed by atoms with Gasteiger partial charge in [-0.2, -0.15) is 8.78 Å². The van der Waals surface area contributed by atoms with Crippen molar-refractivity contribution in [3.8, 4) is 0 Å². The van der Waals surface area contributed by atoms with Gasteiger partial charge in [-0.1, -0.05) is 27.7 Å². The van der Waals surface area contributed by atoms with Gasteiger partial charge in [-0.15, -0.1) is 0 Å². The molecule has 0 saturated heterocycles. The molecule has 136 valence electrons. The largest absolute Gasteiger partial charge is 0.326 e. The highest BCUT2D eigenvalue weighted by Gasteiger charge is 2.57. The van der Waals surface area contributed by atoms with Crippen molar-refractivity contribution in [1.29, 1.82) is 0 Å². The van der Waals surface area contributed by atoms with Crippen LogP contribution in [0.25, 0.3) is 0 Å². The number of thioether (sulfide) groups is 1.